The Morgan fingerprint density at radius 1 is 0.957 bits per heavy atom. The lowest BCUT2D eigenvalue weighted by Crippen LogP contribution is -2.30. The number of anilines is 1. The van der Waals surface area contributed by atoms with Crippen LogP contribution in [0.1, 0.15) is 52.4 Å². The third-order valence-corrected chi connectivity index (χ3v) is 11.3. The van der Waals surface area contributed by atoms with Crippen molar-refractivity contribution in [2.45, 2.75) is 48.4 Å². The molecule has 0 aliphatic heterocycles. The highest BCUT2D eigenvalue weighted by Gasteiger charge is 2.67. The van der Waals surface area contributed by atoms with Gasteiger partial charge in [0.2, 0.25) is 5.91 Å². The molecular weight excluding hydrogens is 719 g/mol. The molecule has 3 aromatic rings. The molecule has 47 heavy (non-hydrogen) atoms. The molecule has 0 spiro atoms. The zero-order valence-corrected chi connectivity index (χ0v) is 27.4. The van der Waals surface area contributed by atoms with Gasteiger partial charge in [-0.05, 0) is 54.4 Å². The maximum atomic E-state index is 15.3. The number of halogens is 9. The number of Topliss-reactive ketones (excluding diaryl/α,β-unsaturated/α-hetero) is 2. The van der Waals surface area contributed by atoms with Crippen LogP contribution in [0, 0.1) is 23.4 Å². The van der Waals surface area contributed by atoms with Crippen molar-refractivity contribution in [1.82, 2.24) is 0 Å². The lowest BCUT2D eigenvalue weighted by molar-refractivity contribution is -0.140. The molecule has 1 unspecified atom stereocenters. The molecular formula is C31H24Cl3F6NO5S. The quantitative estimate of drug-likeness (QED) is 0.124. The van der Waals surface area contributed by atoms with E-state index in [9.17, 15) is 44.8 Å². The molecule has 6 nitrogen and oxygen atoms in total. The largest absolute Gasteiger partial charge is 0.419 e. The number of nitrogens with one attached hydrogen (secondary N) is 1. The number of hydrogen-bond acceptors (Lipinski definition) is 5. The summed E-state index contributed by atoms with van der Waals surface area (Å²) in [5.74, 6) is -9.15. The van der Waals surface area contributed by atoms with Crippen LogP contribution in [0.2, 0.25) is 5.02 Å². The highest BCUT2D eigenvalue weighted by atomic mass is 35.5. The lowest BCUT2D eigenvalue weighted by Gasteiger charge is -2.13. The van der Waals surface area contributed by atoms with Crippen molar-refractivity contribution in [3.8, 4) is 0 Å². The third-order valence-electron chi connectivity index (χ3n) is 7.89. The molecule has 0 saturated heterocycles. The van der Waals surface area contributed by atoms with E-state index in [0.29, 0.717) is 12.1 Å². The van der Waals surface area contributed by atoms with Crippen LogP contribution in [0.4, 0.5) is 32.0 Å². The summed E-state index contributed by atoms with van der Waals surface area (Å²) < 4.78 is 106. The predicted octanol–water partition coefficient (Wildman–Crippen LogP) is 7.66. The summed E-state index contributed by atoms with van der Waals surface area (Å²) in [6.45, 7) is 2.45. The van der Waals surface area contributed by atoms with Gasteiger partial charge >= 0.3 is 6.18 Å². The van der Waals surface area contributed by atoms with Gasteiger partial charge in [0.25, 0.3) is 0 Å². The van der Waals surface area contributed by atoms with Crippen molar-refractivity contribution in [3.63, 3.8) is 0 Å². The molecule has 1 fully saturated rings. The van der Waals surface area contributed by atoms with Gasteiger partial charge in [-0.25, -0.2) is 21.6 Å². The Morgan fingerprint density at radius 2 is 1.60 bits per heavy atom. The molecule has 1 amide bonds. The average Bonchev–Trinajstić information content (AvgIpc) is 3.58. The van der Waals surface area contributed by atoms with E-state index in [1.54, 1.807) is 0 Å². The van der Waals surface area contributed by atoms with Crippen molar-refractivity contribution < 1.29 is 49.1 Å². The van der Waals surface area contributed by atoms with Gasteiger partial charge < -0.3 is 5.32 Å². The highest BCUT2D eigenvalue weighted by Crippen LogP contribution is 2.65. The van der Waals surface area contributed by atoms with E-state index in [0.717, 1.165) is 31.2 Å². The first-order chi connectivity index (χ1) is 21.7. The fraction of sp³-hybridized carbons (Fsp3) is 0.323. The highest BCUT2D eigenvalue weighted by molar-refractivity contribution is 7.92. The molecule has 3 aromatic carbocycles. The normalized spacial score (nSPS) is 18.0. The van der Waals surface area contributed by atoms with Crippen molar-refractivity contribution in [1.29, 1.82) is 0 Å². The Balaban J connectivity index is 1.52. The van der Waals surface area contributed by atoms with Crippen molar-refractivity contribution in [2.75, 3.05) is 11.1 Å². The van der Waals surface area contributed by atoms with Crippen LogP contribution in [0.5, 0.6) is 0 Å². The van der Waals surface area contributed by atoms with Gasteiger partial charge in [-0.1, -0.05) is 30.7 Å². The standard InChI is InChI=1S/C31H24Cl3F6NO5S/c1-3-47(45,46)14(2)24(42)13-19-22(35)8-5-16(28(19)37)11-25(43)18-12-17(6-7-21(18)32)41-29(44)27-26(30(27,33)34)15-4-9-23(36)20(10-15)31(38,39)40/h4-10,12,14,26-27H,3,11,13H2,1-2H3,(H,41,44)/t14?,26-,27+/m0/s1. The molecule has 1 aliphatic carbocycles. The average molecular weight is 743 g/mol. The lowest BCUT2D eigenvalue weighted by atomic mass is 9.97. The van der Waals surface area contributed by atoms with E-state index < -0.39 is 96.3 Å². The fourth-order valence-electron chi connectivity index (χ4n) is 5.04. The van der Waals surface area contributed by atoms with E-state index in [-0.39, 0.29) is 33.2 Å². The number of amides is 1. The van der Waals surface area contributed by atoms with Gasteiger partial charge in [-0.15, -0.1) is 23.2 Å². The van der Waals surface area contributed by atoms with Gasteiger partial charge in [0.15, 0.2) is 21.4 Å². The SMILES string of the molecule is CCS(=O)(=O)C(C)C(=O)Cc1c(F)ccc(CC(=O)c2cc(NC(=O)[C@H]3[C@H](c4ccc(F)c(C(F)(F)F)c4)C3(Cl)Cl)ccc2Cl)c1F. The minimum absolute atomic E-state index is 0.00963. The zero-order valence-electron chi connectivity index (χ0n) is 24.3. The molecule has 252 valence electrons. The molecule has 1 N–H and O–H groups in total. The van der Waals surface area contributed by atoms with Crippen LogP contribution in [-0.2, 0) is 38.4 Å². The molecule has 1 saturated carbocycles. The number of carbonyl (C=O) groups excluding carboxylic acids is 3. The summed E-state index contributed by atoms with van der Waals surface area (Å²) in [6.07, 6.45) is -6.55. The number of carbonyl (C=O) groups is 3. The van der Waals surface area contributed by atoms with Crippen molar-refractivity contribution in [2.24, 2.45) is 5.92 Å². The van der Waals surface area contributed by atoms with Gasteiger partial charge in [-0.3, -0.25) is 14.4 Å². The third kappa shape index (κ3) is 7.63. The number of hydrogen-bond donors (Lipinski definition) is 1. The molecule has 0 heterocycles. The van der Waals surface area contributed by atoms with Crippen LogP contribution >= 0.6 is 34.8 Å². The first-order valence-electron chi connectivity index (χ1n) is 13.8. The Labute approximate surface area is 280 Å². The number of benzene rings is 3. The molecule has 1 aliphatic rings. The van der Waals surface area contributed by atoms with Crippen LogP contribution in [-0.4, -0.2) is 41.2 Å². The minimum Gasteiger partial charge on any atom is -0.326 e. The summed E-state index contributed by atoms with van der Waals surface area (Å²) in [4.78, 5) is 38.7. The smallest absolute Gasteiger partial charge is 0.326 e. The Bertz CT molecular complexity index is 1880. The second-order valence-electron chi connectivity index (χ2n) is 10.9. The molecule has 0 radical (unpaired) electrons. The first kappa shape index (κ1) is 36.7. The van der Waals surface area contributed by atoms with Crippen molar-refractivity contribution in [3.05, 3.63) is 98.8 Å². The van der Waals surface area contributed by atoms with Crippen LogP contribution in [0.25, 0.3) is 0 Å². The molecule has 3 atom stereocenters. The number of rotatable bonds is 11. The predicted molar refractivity (Wildman–Crippen MR) is 164 cm³/mol. The molecule has 4 rings (SSSR count). The minimum atomic E-state index is -5.01. The van der Waals surface area contributed by atoms with Gasteiger partial charge in [0.05, 0.1) is 16.5 Å². The monoisotopic (exact) mass is 741 g/mol. The Hall–Kier alpha value is -3.13. The summed E-state index contributed by atoms with van der Waals surface area (Å²) in [7, 11) is -3.82. The van der Waals surface area contributed by atoms with E-state index in [2.05, 4.69) is 5.32 Å². The summed E-state index contributed by atoms with van der Waals surface area (Å²) >= 11 is 18.6. The Morgan fingerprint density at radius 3 is 2.21 bits per heavy atom. The second-order valence-corrected chi connectivity index (χ2v) is 15.3. The van der Waals surface area contributed by atoms with Gasteiger partial charge in [-0.2, -0.15) is 13.2 Å². The van der Waals surface area contributed by atoms with E-state index in [4.69, 9.17) is 34.8 Å². The van der Waals surface area contributed by atoms with Crippen molar-refractivity contribution >= 4 is 67.8 Å². The van der Waals surface area contributed by atoms with Gasteiger partial charge in [0.1, 0.15) is 27.0 Å². The van der Waals surface area contributed by atoms with E-state index in [1.807, 2.05) is 0 Å². The number of ketones is 2. The summed E-state index contributed by atoms with van der Waals surface area (Å²) in [6, 6.07) is 7.64. The summed E-state index contributed by atoms with van der Waals surface area (Å²) in [5, 5.41) is 0.841. The zero-order chi connectivity index (χ0) is 35.2. The molecule has 0 aromatic heterocycles. The Kier molecular flexibility index (Phi) is 10.5. The first-order valence-corrected chi connectivity index (χ1v) is 16.6. The van der Waals surface area contributed by atoms with Crippen LogP contribution < -0.4 is 5.32 Å². The number of alkyl halides is 5. The maximum Gasteiger partial charge on any atom is 0.419 e. The molecule has 16 heteroatoms. The topological polar surface area (TPSA) is 97.4 Å². The van der Waals surface area contributed by atoms with Gasteiger partial charge in [0, 0.05) is 41.3 Å². The molecule has 0 bridgehead atoms. The number of sulfone groups is 1. The van der Waals surface area contributed by atoms with Crippen LogP contribution in [0.3, 0.4) is 0 Å². The van der Waals surface area contributed by atoms with Crippen LogP contribution in [0.15, 0.2) is 48.5 Å². The fourth-order valence-corrected chi connectivity index (χ4v) is 7.07. The maximum absolute atomic E-state index is 15.3. The van der Waals surface area contributed by atoms with E-state index in [1.165, 1.54) is 19.1 Å². The van der Waals surface area contributed by atoms with E-state index >= 15 is 4.39 Å². The second kappa shape index (κ2) is 13.4. The summed E-state index contributed by atoms with van der Waals surface area (Å²) in [5.41, 5.74) is -2.91.